The Bertz CT molecular complexity index is 582. The molecule has 26 heavy (non-hydrogen) atoms. The normalized spacial score (nSPS) is 41.4. The summed E-state index contributed by atoms with van der Waals surface area (Å²) in [6.07, 6.45) is 2.51. The van der Waals surface area contributed by atoms with Gasteiger partial charge >= 0.3 is 11.9 Å². The molecule has 5 aliphatic rings. The Hall–Kier alpha value is -1.26. The molecule has 0 radical (unpaired) electrons. The minimum atomic E-state index is -1.77. The first kappa shape index (κ1) is 18.1. The van der Waals surface area contributed by atoms with Gasteiger partial charge in [0.15, 0.2) is 5.79 Å². The number of rotatable bonds is 4. The molecular formula is C17H24O9. The molecular weight excluding hydrogens is 348 g/mol. The predicted octanol–water partition coefficient (Wildman–Crippen LogP) is 0.287. The van der Waals surface area contributed by atoms with Crippen molar-refractivity contribution in [3.8, 4) is 0 Å². The second kappa shape index (κ2) is 5.62. The third kappa shape index (κ3) is 1.65. The molecule has 0 N–H and O–H groups in total. The highest BCUT2D eigenvalue weighted by molar-refractivity contribution is 5.95. The van der Waals surface area contributed by atoms with Gasteiger partial charge in [-0.15, -0.1) is 0 Å². The molecule has 0 aromatic rings. The maximum atomic E-state index is 12.8. The number of ether oxygens (including phenoxy) is 7. The van der Waals surface area contributed by atoms with Gasteiger partial charge in [-0.2, -0.15) is 0 Å². The Morgan fingerprint density at radius 3 is 1.65 bits per heavy atom. The predicted molar refractivity (Wildman–Crippen MR) is 82.9 cm³/mol. The Morgan fingerprint density at radius 2 is 1.27 bits per heavy atom. The second-order valence-electron chi connectivity index (χ2n) is 7.13. The molecule has 3 aliphatic heterocycles. The van der Waals surface area contributed by atoms with Crippen LogP contribution >= 0.6 is 0 Å². The van der Waals surface area contributed by atoms with Crippen molar-refractivity contribution in [3.05, 3.63) is 0 Å². The lowest BCUT2D eigenvalue weighted by molar-refractivity contribution is -0.462. The topological polar surface area (TPSA) is 98.8 Å². The van der Waals surface area contributed by atoms with Gasteiger partial charge in [0.25, 0.3) is 17.0 Å². The van der Waals surface area contributed by atoms with Crippen molar-refractivity contribution in [2.75, 3.05) is 28.4 Å². The summed E-state index contributed by atoms with van der Waals surface area (Å²) in [5.74, 6) is -4.11. The number of methoxy groups -OCH3 is 4. The van der Waals surface area contributed by atoms with Crippen LogP contribution in [0.2, 0.25) is 0 Å². The quantitative estimate of drug-likeness (QED) is 0.509. The van der Waals surface area contributed by atoms with Crippen LogP contribution in [0.4, 0.5) is 0 Å². The smallest absolute Gasteiger partial charge is 0.347 e. The molecule has 4 atom stereocenters. The molecule has 0 aromatic heterocycles. The van der Waals surface area contributed by atoms with Crippen LogP contribution in [0.1, 0.15) is 32.1 Å². The maximum Gasteiger partial charge on any atom is 0.347 e. The van der Waals surface area contributed by atoms with Crippen molar-refractivity contribution in [2.24, 2.45) is 0 Å². The Morgan fingerprint density at radius 1 is 0.808 bits per heavy atom. The first-order chi connectivity index (χ1) is 12.4. The summed E-state index contributed by atoms with van der Waals surface area (Å²) in [5, 5.41) is 0. The molecule has 3 heterocycles. The summed E-state index contributed by atoms with van der Waals surface area (Å²) in [6.45, 7) is 0. The van der Waals surface area contributed by atoms with Crippen LogP contribution in [0.5, 0.6) is 0 Å². The van der Waals surface area contributed by atoms with E-state index in [4.69, 9.17) is 33.2 Å². The van der Waals surface area contributed by atoms with Gasteiger partial charge in [0, 0.05) is 27.1 Å². The summed E-state index contributed by atoms with van der Waals surface area (Å²) >= 11 is 0. The van der Waals surface area contributed by atoms with E-state index < -0.39 is 46.9 Å². The molecule has 5 rings (SSSR count). The first-order valence-electron chi connectivity index (χ1n) is 8.76. The van der Waals surface area contributed by atoms with Crippen molar-refractivity contribution in [1.29, 1.82) is 0 Å². The maximum absolute atomic E-state index is 12.8. The van der Waals surface area contributed by atoms with Crippen LogP contribution in [-0.4, -0.2) is 75.4 Å². The fraction of sp³-hybridized carbons (Fsp3) is 0.882. The van der Waals surface area contributed by atoms with E-state index in [1.54, 1.807) is 0 Å². The zero-order valence-electron chi connectivity index (χ0n) is 15.4. The zero-order chi connectivity index (χ0) is 18.8. The molecule has 9 heteroatoms. The highest BCUT2D eigenvalue weighted by Gasteiger charge is 3.00. The summed E-state index contributed by atoms with van der Waals surface area (Å²) in [5.41, 5.74) is -3.55. The van der Waals surface area contributed by atoms with Crippen LogP contribution in [0, 0.1) is 0 Å². The first-order valence-corrected chi connectivity index (χ1v) is 8.76. The van der Waals surface area contributed by atoms with E-state index in [0.717, 1.165) is 19.3 Å². The Labute approximate surface area is 151 Å². The molecule has 0 aromatic carbocycles. The highest BCUT2D eigenvalue weighted by Crippen LogP contribution is 2.70. The van der Waals surface area contributed by atoms with Gasteiger partial charge in [0.05, 0.1) is 14.2 Å². The SMILES string of the molecule is COC(=O)[C@@]12O[C@@](C(=O)OC)([C@H]3OC4(CCCCC4)O[C@H]31)C2(OC)OC. The lowest BCUT2D eigenvalue weighted by atomic mass is 9.78. The molecule has 146 valence electrons. The van der Waals surface area contributed by atoms with Gasteiger partial charge in [-0.05, 0) is 12.8 Å². The third-order valence-electron chi connectivity index (χ3n) is 6.23. The average Bonchev–Trinajstić information content (AvgIpc) is 3.20. The van der Waals surface area contributed by atoms with E-state index in [-0.39, 0.29) is 0 Å². The Balaban J connectivity index is 1.84. The lowest BCUT2D eigenvalue weighted by Gasteiger charge is -2.58. The molecule has 2 saturated carbocycles. The van der Waals surface area contributed by atoms with Gasteiger partial charge in [-0.1, -0.05) is 6.42 Å². The van der Waals surface area contributed by atoms with Crippen LogP contribution < -0.4 is 0 Å². The van der Waals surface area contributed by atoms with E-state index in [2.05, 4.69) is 0 Å². The summed E-state index contributed by atoms with van der Waals surface area (Å²) < 4.78 is 39.5. The van der Waals surface area contributed by atoms with E-state index in [9.17, 15) is 9.59 Å². The summed E-state index contributed by atoms with van der Waals surface area (Å²) in [4.78, 5) is 25.6. The van der Waals surface area contributed by atoms with Crippen molar-refractivity contribution < 1.29 is 42.7 Å². The minimum Gasteiger partial charge on any atom is -0.467 e. The van der Waals surface area contributed by atoms with Gasteiger partial charge in [-0.25, -0.2) is 9.59 Å². The second-order valence-corrected chi connectivity index (χ2v) is 7.13. The minimum absolute atomic E-state index is 0.682. The molecule has 5 fully saturated rings. The molecule has 3 saturated heterocycles. The molecule has 2 aliphatic carbocycles. The van der Waals surface area contributed by atoms with Gasteiger partial charge in [0.1, 0.15) is 12.2 Å². The molecule has 9 nitrogen and oxygen atoms in total. The van der Waals surface area contributed by atoms with Crippen LogP contribution in [-0.2, 0) is 42.7 Å². The molecule has 2 bridgehead atoms. The molecule has 0 amide bonds. The van der Waals surface area contributed by atoms with Crippen LogP contribution in [0.3, 0.4) is 0 Å². The lowest BCUT2D eigenvalue weighted by Crippen LogP contribution is -2.85. The number of hydrogen-bond donors (Lipinski definition) is 0. The summed E-state index contributed by atoms with van der Waals surface area (Å²) in [6, 6.07) is 0. The van der Waals surface area contributed by atoms with E-state index >= 15 is 0 Å². The Kier molecular flexibility index (Phi) is 3.92. The van der Waals surface area contributed by atoms with Crippen LogP contribution in [0.15, 0.2) is 0 Å². The molecule has 0 unspecified atom stereocenters. The van der Waals surface area contributed by atoms with E-state index in [0.29, 0.717) is 12.8 Å². The number of hydrogen-bond acceptors (Lipinski definition) is 9. The van der Waals surface area contributed by atoms with Crippen molar-refractivity contribution >= 4 is 11.9 Å². The molecule has 1 spiro atoms. The monoisotopic (exact) mass is 372 g/mol. The fourth-order valence-corrected chi connectivity index (χ4v) is 5.22. The van der Waals surface area contributed by atoms with E-state index in [1.165, 1.54) is 28.4 Å². The zero-order valence-corrected chi connectivity index (χ0v) is 15.4. The summed E-state index contributed by atoms with van der Waals surface area (Å²) in [7, 11) is 5.13. The third-order valence-corrected chi connectivity index (χ3v) is 6.23. The fourth-order valence-electron chi connectivity index (χ4n) is 5.22. The number of carbonyl (C=O) groups excluding carboxylic acids is 2. The van der Waals surface area contributed by atoms with Gasteiger partial charge < -0.3 is 33.2 Å². The number of esters is 2. The standard InChI is InChI=1S/C17H24O9/c1-20-12(18)15-10-11(25-14(24-10)8-6-5-7-9-14)16(26-15,13(19)21-2)17(15,22-3)23-4/h10-11H,5-9H2,1-4H3/t10-,11+,15+,16-. The van der Waals surface area contributed by atoms with Crippen molar-refractivity contribution in [1.82, 2.24) is 0 Å². The average molecular weight is 372 g/mol. The largest absolute Gasteiger partial charge is 0.467 e. The van der Waals surface area contributed by atoms with Crippen LogP contribution in [0.25, 0.3) is 0 Å². The van der Waals surface area contributed by atoms with Gasteiger partial charge in [0.2, 0.25) is 0 Å². The van der Waals surface area contributed by atoms with Crippen molar-refractivity contribution in [3.63, 3.8) is 0 Å². The number of carbonyl (C=O) groups is 2. The van der Waals surface area contributed by atoms with E-state index in [1.807, 2.05) is 0 Å². The van der Waals surface area contributed by atoms with Gasteiger partial charge in [-0.3, -0.25) is 0 Å². The highest BCUT2D eigenvalue weighted by atomic mass is 16.8. The van der Waals surface area contributed by atoms with Crippen molar-refractivity contribution in [2.45, 2.75) is 67.1 Å².